The summed E-state index contributed by atoms with van der Waals surface area (Å²) in [6, 6.07) is 9.25. The molecule has 1 atom stereocenters. The van der Waals surface area contributed by atoms with Crippen molar-refractivity contribution in [2.75, 3.05) is 26.2 Å². The van der Waals surface area contributed by atoms with Crippen molar-refractivity contribution in [1.82, 2.24) is 10.2 Å². The lowest BCUT2D eigenvalue weighted by Gasteiger charge is -2.27. The number of halogens is 1. The summed E-state index contributed by atoms with van der Waals surface area (Å²) in [5.41, 5.74) is 1.38. The molecule has 0 aromatic heterocycles. The third-order valence-corrected chi connectivity index (χ3v) is 4.42. The molecule has 0 amide bonds. The monoisotopic (exact) mass is 358 g/mol. The van der Waals surface area contributed by atoms with Gasteiger partial charge in [0.2, 0.25) is 0 Å². The van der Waals surface area contributed by atoms with Crippen LogP contribution in [0.25, 0.3) is 0 Å². The van der Waals surface area contributed by atoms with Gasteiger partial charge >= 0.3 is 0 Å². The minimum absolute atomic E-state index is 0.451. The molecule has 3 heteroatoms. The molecule has 2 rings (SSSR count). The van der Waals surface area contributed by atoms with Gasteiger partial charge in [-0.1, -0.05) is 18.6 Å². The zero-order valence-electron chi connectivity index (χ0n) is 11.2. The summed E-state index contributed by atoms with van der Waals surface area (Å²) in [5, 5.41) is 3.62. The molecule has 2 nitrogen and oxygen atoms in total. The molecule has 100 valence electrons. The highest BCUT2D eigenvalue weighted by molar-refractivity contribution is 14.1. The Morgan fingerprint density at radius 3 is 2.50 bits per heavy atom. The van der Waals surface area contributed by atoms with Crippen molar-refractivity contribution >= 4 is 22.6 Å². The number of hydrogen-bond acceptors (Lipinski definition) is 2. The highest BCUT2D eigenvalue weighted by atomic mass is 127. The van der Waals surface area contributed by atoms with Crippen LogP contribution < -0.4 is 5.32 Å². The lowest BCUT2D eigenvalue weighted by molar-refractivity contribution is 0.227. The lowest BCUT2D eigenvalue weighted by Crippen LogP contribution is -2.36. The number of piperidine rings is 1. The van der Waals surface area contributed by atoms with Crippen LogP contribution in [-0.2, 0) is 0 Å². The van der Waals surface area contributed by atoms with Crippen LogP contribution in [0.2, 0.25) is 0 Å². The molecular weight excluding hydrogens is 335 g/mol. The molecular formula is C15H23IN2. The fraction of sp³-hybridized carbons (Fsp3) is 0.600. The minimum Gasteiger partial charge on any atom is -0.309 e. The Balaban J connectivity index is 1.70. The summed E-state index contributed by atoms with van der Waals surface area (Å²) >= 11 is 2.35. The fourth-order valence-corrected chi connectivity index (χ4v) is 2.85. The number of likely N-dealkylation sites (tertiary alicyclic amines) is 1. The number of rotatable bonds is 5. The lowest BCUT2D eigenvalue weighted by atomic mass is 10.1. The van der Waals surface area contributed by atoms with Crippen molar-refractivity contribution in [2.24, 2.45) is 0 Å². The first kappa shape index (κ1) is 14.3. The molecule has 0 spiro atoms. The second kappa shape index (κ2) is 7.46. The van der Waals surface area contributed by atoms with E-state index in [0.29, 0.717) is 6.04 Å². The van der Waals surface area contributed by atoms with Crippen LogP contribution in [0, 0.1) is 3.57 Å². The SMILES string of the molecule is CC(NCCN1CCCCC1)c1ccc(I)cc1. The molecule has 1 N–H and O–H groups in total. The summed E-state index contributed by atoms with van der Waals surface area (Å²) in [6.45, 7) is 7.11. The summed E-state index contributed by atoms with van der Waals surface area (Å²) in [7, 11) is 0. The van der Waals surface area contributed by atoms with E-state index in [2.05, 4.69) is 64.0 Å². The van der Waals surface area contributed by atoms with Crippen LogP contribution in [0.3, 0.4) is 0 Å². The van der Waals surface area contributed by atoms with Crippen LogP contribution in [-0.4, -0.2) is 31.1 Å². The Labute approximate surface area is 124 Å². The van der Waals surface area contributed by atoms with Gasteiger partial charge in [0.1, 0.15) is 0 Å². The second-order valence-electron chi connectivity index (χ2n) is 5.13. The zero-order valence-corrected chi connectivity index (χ0v) is 13.3. The Bertz CT molecular complexity index is 344. The van der Waals surface area contributed by atoms with E-state index < -0.39 is 0 Å². The topological polar surface area (TPSA) is 15.3 Å². The average Bonchev–Trinajstić information content (AvgIpc) is 2.40. The van der Waals surface area contributed by atoms with Crippen LogP contribution >= 0.6 is 22.6 Å². The van der Waals surface area contributed by atoms with Gasteiger partial charge in [-0.25, -0.2) is 0 Å². The van der Waals surface area contributed by atoms with Gasteiger partial charge in [0, 0.05) is 22.7 Å². The molecule has 1 aliphatic rings. The van der Waals surface area contributed by atoms with Gasteiger partial charge < -0.3 is 10.2 Å². The van der Waals surface area contributed by atoms with Crippen LogP contribution in [0.1, 0.15) is 37.8 Å². The fourth-order valence-electron chi connectivity index (χ4n) is 2.49. The Morgan fingerprint density at radius 1 is 1.17 bits per heavy atom. The molecule has 1 aromatic rings. The molecule has 1 saturated heterocycles. The first-order valence-electron chi connectivity index (χ1n) is 6.97. The standard InChI is InChI=1S/C15H23IN2/c1-13(14-5-7-15(16)8-6-14)17-9-12-18-10-3-2-4-11-18/h5-8,13,17H,2-4,9-12H2,1H3. The Morgan fingerprint density at radius 2 is 1.83 bits per heavy atom. The molecule has 1 unspecified atom stereocenters. The third-order valence-electron chi connectivity index (χ3n) is 3.70. The van der Waals surface area contributed by atoms with Gasteiger partial charge in [-0.3, -0.25) is 0 Å². The molecule has 1 aliphatic heterocycles. The van der Waals surface area contributed by atoms with Gasteiger partial charge in [0.05, 0.1) is 0 Å². The summed E-state index contributed by atoms with van der Waals surface area (Å²) in [5.74, 6) is 0. The quantitative estimate of drug-likeness (QED) is 0.812. The maximum atomic E-state index is 3.62. The van der Waals surface area contributed by atoms with E-state index in [9.17, 15) is 0 Å². The first-order valence-corrected chi connectivity index (χ1v) is 8.05. The third kappa shape index (κ3) is 4.52. The van der Waals surface area contributed by atoms with Gasteiger partial charge in [0.25, 0.3) is 0 Å². The molecule has 18 heavy (non-hydrogen) atoms. The van der Waals surface area contributed by atoms with Gasteiger partial charge in [-0.2, -0.15) is 0 Å². The first-order chi connectivity index (χ1) is 8.75. The predicted molar refractivity (Wildman–Crippen MR) is 85.9 cm³/mol. The van der Waals surface area contributed by atoms with Crippen molar-refractivity contribution in [3.8, 4) is 0 Å². The molecule has 0 bridgehead atoms. The Hall–Kier alpha value is -0.130. The van der Waals surface area contributed by atoms with Crippen LogP contribution in [0.15, 0.2) is 24.3 Å². The maximum absolute atomic E-state index is 3.62. The van der Waals surface area contributed by atoms with Gasteiger partial charge in [0.15, 0.2) is 0 Å². The molecule has 0 radical (unpaired) electrons. The summed E-state index contributed by atoms with van der Waals surface area (Å²) in [4.78, 5) is 2.58. The van der Waals surface area contributed by atoms with E-state index >= 15 is 0 Å². The zero-order chi connectivity index (χ0) is 12.8. The van der Waals surface area contributed by atoms with E-state index in [-0.39, 0.29) is 0 Å². The predicted octanol–water partition coefficient (Wildman–Crippen LogP) is 3.43. The number of hydrogen-bond donors (Lipinski definition) is 1. The van der Waals surface area contributed by atoms with E-state index in [0.717, 1.165) is 6.54 Å². The second-order valence-corrected chi connectivity index (χ2v) is 6.38. The normalized spacial score (nSPS) is 18.8. The van der Waals surface area contributed by atoms with Crippen molar-refractivity contribution in [3.63, 3.8) is 0 Å². The summed E-state index contributed by atoms with van der Waals surface area (Å²) in [6.07, 6.45) is 4.18. The highest BCUT2D eigenvalue weighted by Crippen LogP contribution is 2.14. The Kier molecular flexibility index (Phi) is 5.92. The van der Waals surface area contributed by atoms with E-state index in [1.54, 1.807) is 0 Å². The smallest absolute Gasteiger partial charge is 0.0292 e. The van der Waals surface area contributed by atoms with Crippen molar-refractivity contribution < 1.29 is 0 Å². The van der Waals surface area contributed by atoms with Crippen LogP contribution in [0.4, 0.5) is 0 Å². The molecule has 1 aromatic carbocycles. The van der Waals surface area contributed by atoms with Crippen LogP contribution in [0.5, 0.6) is 0 Å². The number of nitrogens with one attached hydrogen (secondary N) is 1. The molecule has 1 fully saturated rings. The molecule has 0 aliphatic carbocycles. The minimum atomic E-state index is 0.451. The largest absolute Gasteiger partial charge is 0.309 e. The van der Waals surface area contributed by atoms with Crippen molar-refractivity contribution in [2.45, 2.75) is 32.2 Å². The van der Waals surface area contributed by atoms with Crippen molar-refractivity contribution in [3.05, 3.63) is 33.4 Å². The number of nitrogens with zero attached hydrogens (tertiary/aromatic N) is 1. The summed E-state index contributed by atoms with van der Waals surface area (Å²) < 4.78 is 1.30. The molecule has 1 heterocycles. The average molecular weight is 358 g/mol. The van der Waals surface area contributed by atoms with Crippen molar-refractivity contribution in [1.29, 1.82) is 0 Å². The van der Waals surface area contributed by atoms with Gasteiger partial charge in [-0.05, 0) is 73.1 Å². The number of benzene rings is 1. The maximum Gasteiger partial charge on any atom is 0.0292 e. The van der Waals surface area contributed by atoms with E-state index in [1.807, 2.05) is 0 Å². The highest BCUT2D eigenvalue weighted by Gasteiger charge is 2.10. The van der Waals surface area contributed by atoms with Gasteiger partial charge in [-0.15, -0.1) is 0 Å². The molecule has 0 saturated carbocycles. The van der Waals surface area contributed by atoms with E-state index in [4.69, 9.17) is 0 Å². The van der Waals surface area contributed by atoms with E-state index in [1.165, 1.54) is 48.0 Å².